The van der Waals surface area contributed by atoms with Gasteiger partial charge in [0.15, 0.2) is 0 Å². The van der Waals surface area contributed by atoms with Crippen LogP contribution in [0.3, 0.4) is 0 Å². The lowest BCUT2D eigenvalue weighted by atomic mass is 9.84. The van der Waals surface area contributed by atoms with Crippen LogP contribution in [-0.4, -0.2) is 30.1 Å². The maximum atomic E-state index is 3.78. The number of piperazine rings is 1. The fourth-order valence-electron chi connectivity index (χ4n) is 3.29. The summed E-state index contributed by atoms with van der Waals surface area (Å²) in [5.41, 5.74) is 3.13. The van der Waals surface area contributed by atoms with Gasteiger partial charge in [0.2, 0.25) is 0 Å². The molecule has 2 rings (SSSR count). The quantitative estimate of drug-likeness (QED) is 0.901. The molecule has 0 saturated carbocycles. The molecule has 0 radical (unpaired) electrons. The Labute approximate surface area is 130 Å². The number of nitrogens with one attached hydrogen (secondary N) is 1. The Morgan fingerprint density at radius 3 is 2.67 bits per heavy atom. The van der Waals surface area contributed by atoms with Gasteiger partial charge in [0.05, 0.1) is 0 Å². The van der Waals surface area contributed by atoms with Crippen molar-refractivity contribution in [3.05, 3.63) is 35.4 Å². The van der Waals surface area contributed by atoms with Crippen LogP contribution in [0.1, 0.15) is 51.7 Å². The molecule has 0 aromatic heterocycles. The first kappa shape index (κ1) is 16.5. The Morgan fingerprint density at radius 2 is 2.05 bits per heavy atom. The number of benzene rings is 1. The molecular weight excluding hydrogens is 256 g/mol. The summed E-state index contributed by atoms with van der Waals surface area (Å²) in [6.07, 6.45) is 2.55. The molecule has 2 unspecified atom stereocenters. The molecule has 1 saturated heterocycles. The van der Waals surface area contributed by atoms with Gasteiger partial charge in [-0.1, -0.05) is 63.9 Å². The monoisotopic (exact) mass is 288 g/mol. The molecule has 1 aliphatic rings. The van der Waals surface area contributed by atoms with Gasteiger partial charge in [0.1, 0.15) is 0 Å². The van der Waals surface area contributed by atoms with Crippen LogP contribution in [0.4, 0.5) is 0 Å². The van der Waals surface area contributed by atoms with Crippen LogP contribution in [0.15, 0.2) is 24.3 Å². The summed E-state index contributed by atoms with van der Waals surface area (Å²) < 4.78 is 0. The minimum Gasteiger partial charge on any atom is -0.311 e. The van der Waals surface area contributed by atoms with Crippen molar-refractivity contribution in [2.45, 2.75) is 66.1 Å². The highest BCUT2D eigenvalue weighted by molar-refractivity contribution is 5.22. The molecule has 0 spiro atoms. The first-order chi connectivity index (χ1) is 9.90. The van der Waals surface area contributed by atoms with E-state index in [0.29, 0.717) is 17.5 Å². The lowest BCUT2D eigenvalue weighted by Gasteiger charge is -2.45. The SMILES string of the molecule is CCCC1CNC(C(C)(C)C)CN1Cc1cccc(C)c1. The number of nitrogens with zero attached hydrogens (tertiary/aromatic N) is 1. The third kappa shape index (κ3) is 4.55. The topological polar surface area (TPSA) is 15.3 Å². The lowest BCUT2D eigenvalue weighted by molar-refractivity contribution is 0.0748. The Bertz CT molecular complexity index is 447. The van der Waals surface area contributed by atoms with E-state index in [4.69, 9.17) is 0 Å². The van der Waals surface area contributed by atoms with E-state index in [1.165, 1.54) is 24.0 Å². The van der Waals surface area contributed by atoms with Crippen molar-refractivity contribution in [3.8, 4) is 0 Å². The summed E-state index contributed by atoms with van der Waals surface area (Å²) in [6.45, 7) is 14.9. The zero-order valence-electron chi connectivity index (χ0n) is 14.4. The van der Waals surface area contributed by atoms with Crippen LogP contribution in [0.25, 0.3) is 0 Å². The maximum absolute atomic E-state index is 3.78. The Balaban J connectivity index is 2.10. The van der Waals surface area contributed by atoms with E-state index in [-0.39, 0.29) is 0 Å². The zero-order chi connectivity index (χ0) is 15.5. The predicted octanol–water partition coefficient (Wildman–Crippen LogP) is 3.98. The molecule has 1 aliphatic heterocycles. The fraction of sp³-hybridized carbons (Fsp3) is 0.684. The Kier molecular flexibility index (Phi) is 5.45. The van der Waals surface area contributed by atoms with E-state index in [9.17, 15) is 0 Å². The molecule has 2 atom stereocenters. The normalized spacial score (nSPS) is 24.2. The average Bonchev–Trinajstić information content (AvgIpc) is 2.40. The van der Waals surface area contributed by atoms with Gasteiger partial charge >= 0.3 is 0 Å². The minimum absolute atomic E-state index is 0.321. The molecule has 21 heavy (non-hydrogen) atoms. The van der Waals surface area contributed by atoms with Gasteiger partial charge in [-0.2, -0.15) is 0 Å². The fourth-order valence-corrected chi connectivity index (χ4v) is 3.29. The zero-order valence-corrected chi connectivity index (χ0v) is 14.4. The van der Waals surface area contributed by atoms with Crippen molar-refractivity contribution >= 4 is 0 Å². The molecule has 0 aliphatic carbocycles. The summed E-state index contributed by atoms with van der Waals surface area (Å²) in [5, 5.41) is 3.78. The van der Waals surface area contributed by atoms with Crippen LogP contribution in [0.2, 0.25) is 0 Å². The van der Waals surface area contributed by atoms with Crippen LogP contribution in [0.5, 0.6) is 0 Å². The summed E-state index contributed by atoms with van der Waals surface area (Å²) >= 11 is 0. The molecule has 1 fully saturated rings. The highest BCUT2D eigenvalue weighted by Crippen LogP contribution is 2.26. The molecule has 1 aromatic carbocycles. The van der Waals surface area contributed by atoms with E-state index in [1.54, 1.807) is 0 Å². The highest BCUT2D eigenvalue weighted by Gasteiger charge is 2.33. The van der Waals surface area contributed by atoms with Crippen LogP contribution in [-0.2, 0) is 6.54 Å². The molecular formula is C19H32N2. The van der Waals surface area contributed by atoms with E-state index in [0.717, 1.165) is 19.6 Å². The van der Waals surface area contributed by atoms with Gasteiger partial charge in [-0.05, 0) is 24.3 Å². The van der Waals surface area contributed by atoms with Gasteiger partial charge in [-0.3, -0.25) is 4.90 Å². The van der Waals surface area contributed by atoms with Crippen molar-refractivity contribution in [1.82, 2.24) is 10.2 Å². The third-order valence-corrected chi connectivity index (χ3v) is 4.67. The Morgan fingerprint density at radius 1 is 1.29 bits per heavy atom. The second-order valence-corrected chi connectivity index (χ2v) is 7.69. The van der Waals surface area contributed by atoms with Gasteiger partial charge in [-0.25, -0.2) is 0 Å². The molecule has 0 amide bonds. The van der Waals surface area contributed by atoms with E-state index in [2.05, 4.69) is 69.1 Å². The van der Waals surface area contributed by atoms with Crippen molar-refractivity contribution in [2.24, 2.45) is 5.41 Å². The molecule has 118 valence electrons. The van der Waals surface area contributed by atoms with Crippen LogP contribution < -0.4 is 5.32 Å². The maximum Gasteiger partial charge on any atom is 0.0244 e. The van der Waals surface area contributed by atoms with E-state index >= 15 is 0 Å². The largest absolute Gasteiger partial charge is 0.311 e. The summed E-state index contributed by atoms with van der Waals surface area (Å²) in [5.74, 6) is 0. The van der Waals surface area contributed by atoms with E-state index in [1.807, 2.05) is 0 Å². The number of aryl methyl sites for hydroxylation is 1. The average molecular weight is 288 g/mol. The molecule has 2 heteroatoms. The molecule has 1 N–H and O–H groups in total. The summed E-state index contributed by atoms with van der Waals surface area (Å²) in [6, 6.07) is 10.2. The molecule has 2 nitrogen and oxygen atoms in total. The van der Waals surface area contributed by atoms with Gasteiger partial charge < -0.3 is 5.32 Å². The molecule has 1 aromatic rings. The van der Waals surface area contributed by atoms with Crippen LogP contribution in [0, 0.1) is 12.3 Å². The van der Waals surface area contributed by atoms with Crippen molar-refractivity contribution < 1.29 is 0 Å². The van der Waals surface area contributed by atoms with Gasteiger partial charge in [-0.15, -0.1) is 0 Å². The smallest absolute Gasteiger partial charge is 0.0244 e. The third-order valence-electron chi connectivity index (χ3n) is 4.67. The van der Waals surface area contributed by atoms with E-state index < -0.39 is 0 Å². The van der Waals surface area contributed by atoms with Gasteiger partial charge in [0, 0.05) is 31.7 Å². The first-order valence-electron chi connectivity index (χ1n) is 8.43. The van der Waals surface area contributed by atoms with Crippen molar-refractivity contribution in [2.75, 3.05) is 13.1 Å². The van der Waals surface area contributed by atoms with Crippen LogP contribution >= 0.6 is 0 Å². The number of hydrogen-bond acceptors (Lipinski definition) is 2. The van der Waals surface area contributed by atoms with Crippen molar-refractivity contribution in [3.63, 3.8) is 0 Å². The van der Waals surface area contributed by atoms with Crippen molar-refractivity contribution in [1.29, 1.82) is 0 Å². The van der Waals surface area contributed by atoms with Gasteiger partial charge in [0.25, 0.3) is 0 Å². The predicted molar refractivity (Wildman–Crippen MR) is 91.5 cm³/mol. The first-order valence-corrected chi connectivity index (χ1v) is 8.43. The summed E-state index contributed by atoms with van der Waals surface area (Å²) in [7, 11) is 0. The number of hydrogen-bond donors (Lipinski definition) is 1. The standard InChI is InChI=1S/C19H32N2/c1-6-8-17-12-20-18(19(3,4)5)14-21(17)13-16-10-7-9-15(2)11-16/h7,9-11,17-18,20H,6,8,12-14H2,1-5H3. The Hall–Kier alpha value is -0.860. The molecule has 1 heterocycles. The lowest BCUT2D eigenvalue weighted by Crippen LogP contribution is -2.59. The second kappa shape index (κ2) is 6.93. The minimum atomic E-state index is 0.321. The summed E-state index contributed by atoms with van der Waals surface area (Å²) in [4.78, 5) is 2.70. The molecule has 0 bridgehead atoms. The highest BCUT2D eigenvalue weighted by atomic mass is 15.2. The second-order valence-electron chi connectivity index (χ2n) is 7.69. The number of rotatable bonds is 4.